The number of alkyl halides is 3. The number of amides is 1. The van der Waals surface area contributed by atoms with Gasteiger partial charge in [-0.2, -0.15) is 13.2 Å². The van der Waals surface area contributed by atoms with Crippen LogP contribution in [0.3, 0.4) is 0 Å². The van der Waals surface area contributed by atoms with Gasteiger partial charge >= 0.3 is 6.18 Å². The SMILES string of the molecule is CN(C(=O)[C@H]1CNC(c2ccc3nc[nH]c3c2)C1)c1cccc(C(F)(F)F)c1. The zero-order valence-electron chi connectivity index (χ0n) is 15.1. The van der Waals surface area contributed by atoms with Gasteiger partial charge in [-0.05, 0) is 42.3 Å². The first-order valence-corrected chi connectivity index (χ1v) is 8.94. The number of carbonyl (C=O) groups is 1. The lowest BCUT2D eigenvalue weighted by Gasteiger charge is -2.22. The van der Waals surface area contributed by atoms with E-state index in [9.17, 15) is 18.0 Å². The predicted octanol–water partition coefficient (Wildman–Crippen LogP) is 3.90. The molecular weight excluding hydrogens is 369 g/mol. The average molecular weight is 388 g/mol. The number of nitrogens with one attached hydrogen (secondary N) is 2. The fourth-order valence-electron chi connectivity index (χ4n) is 3.64. The molecule has 5 nitrogen and oxygen atoms in total. The Morgan fingerprint density at radius 1 is 1.21 bits per heavy atom. The summed E-state index contributed by atoms with van der Waals surface area (Å²) in [6.07, 6.45) is -2.22. The van der Waals surface area contributed by atoms with Gasteiger partial charge in [0.2, 0.25) is 5.91 Å². The molecule has 2 heterocycles. The van der Waals surface area contributed by atoms with Crippen LogP contribution in [0, 0.1) is 5.92 Å². The van der Waals surface area contributed by atoms with Crippen molar-refractivity contribution in [3.63, 3.8) is 0 Å². The number of nitrogens with zero attached hydrogens (tertiary/aromatic N) is 2. The van der Waals surface area contributed by atoms with Gasteiger partial charge in [0, 0.05) is 25.3 Å². The molecule has 2 aromatic carbocycles. The van der Waals surface area contributed by atoms with Crippen LogP contribution >= 0.6 is 0 Å². The smallest absolute Gasteiger partial charge is 0.345 e. The van der Waals surface area contributed by atoms with Gasteiger partial charge in [0.15, 0.2) is 0 Å². The van der Waals surface area contributed by atoms with Crippen molar-refractivity contribution >= 4 is 22.6 Å². The van der Waals surface area contributed by atoms with E-state index in [0.717, 1.165) is 28.7 Å². The Hall–Kier alpha value is -2.87. The van der Waals surface area contributed by atoms with Crippen LogP contribution in [-0.4, -0.2) is 29.5 Å². The molecule has 1 amide bonds. The van der Waals surface area contributed by atoms with E-state index in [1.54, 1.807) is 6.33 Å². The zero-order chi connectivity index (χ0) is 19.9. The summed E-state index contributed by atoms with van der Waals surface area (Å²) >= 11 is 0. The molecular formula is C20H19F3N4O. The second kappa shape index (κ2) is 6.94. The van der Waals surface area contributed by atoms with Crippen molar-refractivity contribution in [1.29, 1.82) is 0 Å². The van der Waals surface area contributed by atoms with Crippen LogP contribution in [0.25, 0.3) is 11.0 Å². The van der Waals surface area contributed by atoms with Crippen molar-refractivity contribution in [2.45, 2.75) is 18.6 Å². The lowest BCUT2D eigenvalue weighted by atomic mass is 9.98. The molecule has 2 N–H and O–H groups in total. The molecule has 1 aromatic heterocycles. The van der Waals surface area contributed by atoms with E-state index < -0.39 is 11.7 Å². The summed E-state index contributed by atoms with van der Waals surface area (Å²) in [7, 11) is 1.52. The van der Waals surface area contributed by atoms with E-state index >= 15 is 0 Å². The largest absolute Gasteiger partial charge is 0.416 e. The first-order chi connectivity index (χ1) is 13.3. The van der Waals surface area contributed by atoms with E-state index in [1.165, 1.54) is 24.1 Å². The van der Waals surface area contributed by atoms with Crippen molar-refractivity contribution in [2.75, 3.05) is 18.5 Å². The number of anilines is 1. The normalized spacial score (nSPS) is 19.9. The fraction of sp³-hybridized carbons (Fsp3) is 0.300. The van der Waals surface area contributed by atoms with Crippen molar-refractivity contribution in [3.05, 3.63) is 59.9 Å². The number of hydrogen-bond donors (Lipinski definition) is 2. The molecule has 1 aliphatic rings. The summed E-state index contributed by atoms with van der Waals surface area (Å²) < 4.78 is 38.8. The molecule has 8 heteroatoms. The Morgan fingerprint density at radius 3 is 2.82 bits per heavy atom. The first kappa shape index (κ1) is 18.5. The van der Waals surface area contributed by atoms with Crippen molar-refractivity contribution in [2.24, 2.45) is 5.92 Å². The van der Waals surface area contributed by atoms with Crippen LogP contribution in [-0.2, 0) is 11.0 Å². The van der Waals surface area contributed by atoms with E-state index in [0.29, 0.717) is 13.0 Å². The number of carbonyl (C=O) groups excluding carboxylic acids is 1. The Labute approximate surface area is 159 Å². The molecule has 1 unspecified atom stereocenters. The number of benzene rings is 2. The van der Waals surface area contributed by atoms with Crippen molar-refractivity contribution < 1.29 is 18.0 Å². The van der Waals surface area contributed by atoms with Gasteiger partial charge in [-0.15, -0.1) is 0 Å². The van der Waals surface area contributed by atoms with Gasteiger partial charge < -0.3 is 15.2 Å². The van der Waals surface area contributed by atoms with Gasteiger partial charge in [-0.1, -0.05) is 12.1 Å². The van der Waals surface area contributed by atoms with Crippen LogP contribution in [0.5, 0.6) is 0 Å². The van der Waals surface area contributed by atoms with Crippen LogP contribution < -0.4 is 10.2 Å². The minimum Gasteiger partial charge on any atom is -0.345 e. The minimum atomic E-state index is -4.44. The highest BCUT2D eigenvalue weighted by molar-refractivity contribution is 5.95. The molecule has 0 bridgehead atoms. The van der Waals surface area contributed by atoms with E-state index in [-0.39, 0.29) is 23.6 Å². The topological polar surface area (TPSA) is 61.0 Å². The number of rotatable bonds is 3. The number of hydrogen-bond acceptors (Lipinski definition) is 3. The monoisotopic (exact) mass is 388 g/mol. The van der Waals surface area contributed by atoms with Crippen LogP contribution in [0.2, 0.25) is 0 Å². The van der Waals surface area contributed by atoms with Gasteiger partial charge in [0.05, 0.1) is 28.8 Å². The number of aromatic nitrogens is 2. The Balaban J connectivity index is 1.48. The molecule has 1 aliphatic heterocycles. The minimum absolute atomic E-state index is 0.0107. The number of fused-ring (bicyclic) bond motifs is 1. The molecule has 0 saturated carbocycles. The summed E-state index contributed by atoms with van der Waals surface area (Å²) in [6.45, 7) is 0.480. The third-order valence-electron chi connectivity index (χ3n) is 5.22. The third-order valence-corrected chi connectivity index (χ3v) is 5.22. The molecule has 4 rings (SSSR count). The Morgan fingerprint density at radius 2 is 2.04 bits per heavy atom. The summed E-state index contributed by atoms with van der Waals surface area (Å²) in [4.78, 5) is 21.4. The molecule has 0 aliphatic carbocycles. The maximum atomic E-state index is 12.9. The number of imidazole rings is 1. The Kier molecular flexibility index (Phi) is 4.58. The highest BCUT2D eigenvalue weighted by Gasteiger charge is 2.34. The molecule has 2 atom stereocenters. The predicted molar refractivity (Wildman–Crippen MR) is 99.8 cm³/mol. The summed E-state index contributed by atoms with van der Waals surface area (Å²) in [5.41, 5.74) is 2.32. The summed E-state index contributed by atoms with van der Waals surface area (Å²) in [5.74, 6) is -0.501. The second-order valence-corrected chi connectivity index (χ2v) is 7.02. The zero-order valence-corrected chi connectivity index (χ0v) is 15.1. The number of halogens is 3. The van der Waals surface area contributed by atoms with E-state index in [2.05, 4.69) is 15.3 Å². The fourth-order valence-corrected chi connectivity index (χ4v) is 3.64. The van der Waals surface area contributed by atoms with Crippen molar-refractivity contribution in [1.82, 2.24) is 15.3 Å². The first-order valence-electron chi connectivity index (χ1n) is 8.94. The quantitative estimate of drug-likeness (QED) is 0.716. The molecule has 1 fully saturated rings. The van der Waals surface area contributed by atoms with Crippen LogP contribution in [0.1, 0.15) is 23.6 Å². The standard InChI is InChI=1S/C20H19F3N4O/c1-27(15-4-2-3-14(9-15)20(21,22)23)19(28)13-8-17(24-10-13)12-5-6-16-18(7-12)26-11-25-16/h2-7,9,11,13,17,24H,8,10H2,1H3,(H,25,26)/t13-,17?/m1/s1. The number of H-pyrrole nitrogens is 1. The summed E-state index contributed by atoms with van der Waals surface area (Å²) in [5, 5.41) is 3.34. The average Bonchev–Trinajstić information content (AvgIpc) is 3.35. The van der Waals surface area contributed by atoms with Crippen LogP contribution in [0.4, 0.5) is 18.9 Å². The van der Waals surface area contributed by atoms with Gasteiger partial charge in [0.1, 0.15) is 0 Å². The Bertz CT molecular complexity index is 1010. The highest BCUT2D eigenvalue weighted by Crippen LogP contribution is 2.33. The van der Waals surface area contributed by atoms with Gasteiger partial charge in [0.25, 0.3) is 0 Å². The maximum absolute atomic E-state index is 12.9. The number of aromatic amines is 1. The lowest BCUT2D eigenvalue weighted by Crippen LogP contribution is -2.34. The van der Waals surface area contributed by atoms with E-state index in [1.807, 2.05) is 18.2 Å². The molecule has 3 aromatic rings. The molecule has 1 saturated heterocycles. The third kappa shape index (κ3) is 3.47. The summed E-state index contributed by atoms with van der Waals surface area (Å²) in [6, 6.07) is 10.7. The van der Waals surface area contributed by atoms with Gasteiger partial charge in [-0.25, -0.2) is 4.98 Å². The second-order valence-electron chi connectivity index (χ2n) is 7.02. The molecule has 28 heavy (non-hydrogen) atoms. The molecule has 0 spiro atoms. The van der Waals surface area contributed by atoms with Crippen LogP contribution in [0.15, 0.2) is 48.8 Å². The lowest BCUT2D eigenvalue weighted by molar-refractivity contribution is -0.137. The molecule has 0 radical (unpaired) electrons. The van der Waals surface area contributed by atoms with E-state index in [4.69, 9.17) is 0 Å². The van der Waals surface area contributed by atoms with Crippen molar-refractivity contribution in [3.8, 4) is 0 Å². The van der Waals surface area contributed by atoms with Gasteiger partial charge in [-0.3, -0.25) is 4.79 Å². The molecule has 146 valence electrons. The highest BCUT2D eigenvalue weighted by atomic mass is 19.4. The maximum Gasteiger partial charge on any atom is 0.416 e.